The zero-order valence-corrected chi connectivity index (χ0v) is 10.3. The minimum atomic E-state index is 0.204. The smallest absolute Gasteiger partial charge is 0.226 e. The Labute approximate surface area is 107 Å². The number of hydrogen-bond acceptors (Lipinski definition) is 5. The Morgan fingerprint density at radius 2 is 2.33 bits per heavy atom. The molecule has 0 spiro atoms. The number of anilines is 1. The zero-order chi connectivity index (χ0) is 12.5. The summed E-state index contributed by atoms with van der Waals surface area (Å²) in [4.78, 5) is 11.3. The fraction of sp³-hybridized carbons (Fsp3) is 0.200. The van der Waals surface area contributed by atoms with Crippen LogP contribution in [-0.4, -0.2) is 29.9 Å². The van der Waals surface area contributed by atoms with Gasteiger partial charge >= 0.3 is 0 Å². The quantitative estimate of drug-likeness (QED) is 0.697. The maximum atomic E-state index is 5.86. The zero-order valence-electron chi connectivity index (χ0n) is 9.55. The monoisotopic (exact) mass is 263 g/mol. The van der Waals surface area contributed by atoms with Gasteiger partial charge in [0.1, 0.15) is 11.5 Å². The van der Waals surface area contributed by atoms with Crippen LogP contribution in [0.3, 0.4) is 0 Å². The first kappa shape index (κ1) is 11.0. The maximum Gasteiger partial charge on any atom is 0.226 e. The van der Waals surface area contributed by atoms with Crippen LogP contribution >= 0.6 is 11.6 Å². The first-order valence-corrected chi connectivity index (χ1v) is 5.70. The molecule has 0 atom stereocenters. The summed E-state index contributed by atoms with van der Waals surface area (Å²) >= 11 is 5.86. The van der Waals surface area contributed by atoms with Crippen molar-refractivity contribution in [2.24, 2.45) is 7.05 Å². The lowest BCUT2D eigenvalue weighted by atomic mass is 10.3. The van der Waals surface area contributed by atoms with E-state index in [0.717, 1.165) is 11.1 Å². The highest BCUT2D eigenvalue weighted by atomic mass is 35.5. The maximum absolute atomic E-state index is 5.86. The molecule has 7 nitrogen and oxygen atoms in total. The molecule has 92 valence electrons. The molecule has 0 saturated heterocycles. The molecular formula is C10H10ClN7. The van der Waals surface area contributed by atoms with Crippen LogP contribution in [0.4, 0.5) is 5.82 Å². The van der Waals surface area contributed by atoms with Gasteiger partial charge in [0.15, 0.2) is 0 Å². The minimum Gasteiger partial charge on any atom is -0.364 e. The van der Waals surface area contributed by atoms with Crippen LogP contribution in [0.5, 0.6) is 0 Å². The molecule has 0 saturated carbocycles. The molecule has 0 aliphatic rings. The first-order valence-electron chi connectivity index (χ1n) is 5.32. The number of hydrogen-bond donors (Lipinski definition) is 2. The van der Waals surface area contributed by atoms with Gasteiger partial charge in [-0.05, 0) is 17.7 Å². The van der Waals surface area contributed by atoms with E-state index in [4.69, 9.17) is 11.6 Å². The molecule has 0 radical (unpaired) electrons. The molecule has 3 heterocycles. The van der Waals surface area contributed by atoms with Gasteiger partial charge in [-0.25, -0.2) is 4.98 Å². The van der Waals surface area contributed by atoms with E-state index < -0.39 is 0 Å². The predicted molar refractivity (Wildman–Crippen MR) is 67.2 cm³/mol. The average Bonchev–Trinajstić information content (AvgIpc) is 2.94. The van der Waals surface area contributed by atoms with Crippen LogP contribution in [0.25, 0.3) is 11.0 Å². The Hall–Kier alpha value is -2.15. The third kappa shape index (κ3) is 1.88. The van der Waals surface area contributed by atoms with Crippen molar-refractivity contribution in [1.82, 2.24) is 29.9 Å². The lowest BCUT2D eigenvalue weighted by molar-refractivity contribution is 0.683. The molecule has 0 aliphatic carbocycles. The second kappa shape index (κ2) is 4.26. The summed E-state index contributed by atoms with van der Waals surface area (Å²) in [5.41, 5.74) is 1.66. The molecule has 0 bridgehead atoms. The van der Waals surface area contributed by atoms with Gasteiger partial charge in [0.05, 0.1) is 23.8 Å². The van der Waals surface area contributed by atoms with E-state index in [1.165, 1.54) is 0 Å². The molecule has 3 aromatic heterocycles. The highest BCUT2D eigenvalue weighted by Crippen LogP contribution is 2.21. The molecule has 3 rings (SSSR count). The average molecular weight is 264 g/mol. The van der Waals surface area contributed by atoms with Crippen LogP contribution in [0.15, 0.2) is 18.5 Å². The van der Waals surface area contributed by atoms with E-state index in [0.29, 0.717) is 18.0 Å². The Balaban J connectivity index is 1.90. The van der Waals surface area contributed by atoms with Crippen LogP contribution in [-0.2, 0) is 13.6 Å². The van der Waals surface area contributed by atoms with Gasteiger partial charge in [-0.2, -0.15) is 4.98 Å². The van der Waals surface area contributed by atoms with Crippen molar-refractivity contribution in [1.29, 1.82) is 0 Å². The number of aromatic nitrogens is 6. The Kier molecular flexibility index (Phi) is 2.60. The Morgan fingerprint density at radius 1 is 1.44 bits per heavy atom. The van der Waals surface area contributed by atoms with E-state index >= 15 is 0 Å². The lowest BCUT2D eigenvalue weighted by Gasteiger charge is -2.06. The highest BCUT2D eigenvalue weighted by Gasteiger charge is 2.08. The number of H-pyrrole nitrogens is 1. The number of aromatic amines is 1. The van der Waals surface area contributed by atoms with Crippen molar-refractivity contribution in [3.05, 3.63) is 29.4 Å². The Morgan fingerprint density at radius 3 is 3.11 bits per heavy atom. The molecule has 3 aromatic rings. The van der Waals surface area contributed by atoms with Crippen LogP contribution < -0.4 is 5.32 Å². The third-order valence-electron chi connectivity index (χ3n) is 2.63. The number of nitrogens with zero attached hydrogens (tertiary/aromatic N) is 5. The van der Waals surface area contributed by atoms with Crippen LogP contribution in [0, 0.1) is 0 Å². The summed E-state index contributed by atoms with van der Waals surface area (Å²) < 4.78 is 1.70. The van der Waals surface area contributed by atoms with Crippen LogP contribution in [0.2, 0.25) is 5.28 Å². The van der Waals surface area contributed by atoms with Crippen LogP contribution in [0.1, 0.15) is 5.69 Å². The normalized spacial score (nSPS) is 11.0. The van der Waals surface area contributed by atoms with Crippen molar-refractivity contribution in [3.63, 3.8) is 0 Å². The van der Waals surface area contributed by atoms with Gasteiger partial charge in [-0.1, -0.05) is 5.21 Å². The van der Waals surface area contributed by atoms with E-state index in [9.17, 15) is 0 Å². The SMILES string of the molecule is Cn1nncc1CNc1nc(Cl)nc2[nH]ccc12. The van der Waals surface area contributed by atoms with Gasteiger partial charge in [0.2, 0.25) is 5.28 Å². The highest BCUT2D eigenvalue weighted by molar-refractivity contribution is 6.28. The number of fused-ring (bicyclic) bond motifs is 1. The lowest BCUT2D eigenvalue weighted by Crippen LogP contribution is -2.07. The van der Waals surface area contributed by atoms with Crippen molar-refractivity contribution in [2.45, 2.75) is 6.54 Å². The van der Waals surface area contributed by atoms with Crippen molar-refractivity contribution in [2.75, 3.05) is 5.32 Å². The van der Waals surface area contributed by atoms with Gasteiger partial charge < -0.3 is 10.3 Å². The van der Waals surface area contributed by atoms with Gasteiger partial charge in [-0.3, -0.25) is 4.68 Å². The van der Waals surface area contributed by atoms with E-state index in [1.807, 2.05) is 13.1 Å². The standard InChI is InChI=1S/C10H10ClN7/c1-18-6(5-14-17-18)4-13-9-7-2-3-12-8(7)15-10(11)16-9/h2-3,5H,4H2,1H3,(H2,12,13,15,16). The van der Waals surface area contributed by atoms with Gasteiger partial charge in [0.25, 0.3) is 0 Å². The summed E-state index contributed by atoms with van der Waals surface area (Å²) in [5, 5.41) is 12.0. The molecule has 0 aliphatic heterocycles. The largest absolute Gasteiger partial charge is 0.364 e. The van der Waals surface area contributed by atoms with Gasteiger partial charge in [-0.15, -0.1) is 5.10 Å². The summed E-state index contributed by atoms with van der Waals surface area (Å²) in [5.74, 6) is 0.687. The van der Waals surface area contributed by atoms with Crippen molar-refractivity contribution < 1.29 is 0 Å². The summed E-state index contributed by atoms with van der Waals surface area (Å²) in [7, 11) is 1.84. The topological polar surface area (TPSA) is 84.3 Å². The number of halogens is 1. The van der Waals surface area contributed by atoms with Gasteiger partial charge in [0, 0.05) is 13.2 Å². The second-order valence-corrected chi connectivity index (χ2v) is 4.12. The number of rotatable bonds is 3. The summed E-state index contributed by atoms with van der Waals surface area (Å²) in [6.45, 7) is 0.567. The number of aryl methyl sites for hydroxylation is 1. The molecule has 0 amide bonds. The molecule has 8 heteroatoms. The summed E-state index contributed by atoms with van der Waals surface area (Å²) in [6.07, 6.45) is 3.50. The van der Waals surface area contributed by atoms with Crippen molar-refractivity contribution >= 4 is 28.5 Å². The summed E-state index contributed by atoms with van der Waals surface area (Å²) in [6, 6.07) is 1.90. The van der Waals surface area contributed by atoms with E-state index in [1.54, 1.807) is 17.1 Å². The fourth-order valence-electron chi connectivity index (χ4n) is 1.69. The van der Waals surface area contributed by atoms with Crippen molar-refractivity contribution in [3.8, 4) is 0 Å². The van der Waals surface area contributed by atoms with E-state index in [2.05, 4.69) is 30.6 Å². The Bertz CT molecular complexity index is 686. The molecule has 0 unspecified atom stereocenters. The third-order valence-corrected chi connectivity index (χ3v) is 2.80. The minimum absolute atomic E-state index is 0.204. The molecular weight excluding hydrogens is 254 g/mol. The molecule has 18 heavy (non-hydrogen) atoms. The molecule has 0 fully saturated rings. The predicted octanol–water partition coefficient (Wildman–Crippen LogP) is 1.35. The second-order valence-electron chi connectivity index (χ2n) is 3.78. The fourth-order valence-corrected chi connectivity index (χ4v) is 1.86. The first-order chi connectivity index (χ1) is 8.74. The van der Waals surface area contributed by atoms with E-state index in [-0.39, 0.29) is 5.28 Å². The molecule has 0 aromatic carbocycles. The number of nitrogens with one attached hydrogen (secondary N) is 2. The molecule has 2 N–H and O–H groups in total.